The summed E-state index contributed by atoms with van der Waals surface area (Å²) in [7, 11) is 0. The van der Waals surface area contributed by atoms with Crippen LogP contribution < -0.4 is 0 Å². The molecule has 0 aliphatic heterocycles. The number of fused-ring (bicyclic) bond motifs is 1. The molecule has 0 radical (unpaired) electrons. The van der Waals surface area contributed by atoms with E-state index in [-0.39, 0.29) is 11.5 Å². The van der Waals surface area contributed by atoms with Gasteiger partial charge in [0.05, 0.1) is 5.56 Å². The molecule has 18 heavy (non-hydrogen) atoms. The normalized spacial score (nSPS) is 32.6. The molecule has 4 rings (SSSR count). The van der Waals surface area contributed by atoms with E-state index in [2.05, 4.69) is 0 Å². The zero-order valence-corrected chi connectivity index (χ0v) is 10.6. The Morgan fingerprint density at radius 1 is 1.22 bits per heavy atom. The van der Waals surface area contributed by atoms with Crippen molar-refractivity contribution in [2.45, 2.75) is 44.4 Å². The van der Waals surface area contributed by atoms with Crippen LogP contribution >= 0.6 is 0 Å². The summed E-state index contributed by atoms with van der Waals surface area (Å²) in [5.74, 6) is 3.32. The number of phenols is 1. The van der Waals surface area contributed by atoms with Gasteiger partial charge in [-0.15, -0.1) is 0 Å². The van der Waals surface area contributed by atoms with Crippen LogP contribution in [0.2, 0.25) is 0 Å². The van der Waals surface area contributed by atoms with Crippen molar-refractivity contribution in [3.63, 3.8) is 0 Å². The smallest absolute Gasteiger partial charge is 0.163 e. The first-order chi connectivity index (χ1) is 8.65. The van der Waals surface area contributed by atoms with Crippen molar-refractivity contribution in [3.8, 4) is 5.75 Å². The van der Waals surface area contributed by atoms with Gasteiger partial charge in [0.25, 0.3) is 0 Å². The second-order valence-electron chi connectivity index (χ2n) is 6.33. The maximum atomic E-state index is 11.6. The minimum Gasteiger partial charge on any atom is -0.507 e. The molecule has 3 unspecified atom stereocenters. The Kier molecular flexibility index (Phi) is 1.98. The van der Waals surface area contributed by atoms with Crippen molar-refractivity contribution >= 4 is 5.78 Å². The van der Waals surface area contributed by atoms with E-state index in [1.807, 2.05) is 12.1 Å². The van der Waals surface area contributed by atoms with E-state index in [1.165, 1.54) is 43.7 Å². The molecule has 0 spiro atoms. The molecule has 1 aromatic rings. The monoisotopic (exact) mass is 242 g/mol. The van der Waals surface area contributed by atoms with E-state index in [9.17, 15) is 9.90 Å². The van der Waals surface area contributed by atoms with Crippen molar-refractivity contribution < 1.29 is 9.90 Å². The number of ketones is 1. The lowest BCUT2D eigenvalue weighted by Gasteiger charge is -2.28. The molecule has 2 heteroatoms. The molecule has 0 amide bonds. The average molecular weight is 242 g/mol. The first-order valence-electron chi connectivity index (χ1n) is 7.03. The van der Waals surface area contributed by atoms with Crippen molar-refractivity contribution in [3.05, 3.63) is 28.8 Å². The average Bonchev–Trinajstić information content (AvgIpc) is 3.18. The second kappa shape index (κ2) is 3.37. The Morgan fingerprint density at radius 3 is 2.50 bits per heavy atom. The Labute approximate surface area is 107 Å². The molecule has 3 fully saturated rings. The summed E-state index contributed by atoms with van der Waals surface area (Å²) >= 11 is 0. The maximum absolute atomic E-state index is 11.6. The molecular formula is C16H18O2. The predicted octanol–water partition coefficient (Wildman–Crippen LogP) is 3.60. The van der Waals surface area contributed by atoms with Crippen molar-refractivity contribution in [1.82, 2.24) is 0 Å². The maximum Gasteiger partial charge on any atom is 0.163 e. The highest BCUT2D eigenvalue weighted by molar-refractivity contribution is 5.97. The second-order valence-corrected chi connectivity index (χ2v) is 6.33. The van der Waals surface area contributed by atoms with E-state index < -0.39 is 0 Å². The zero-order chi connectivity index (χ0) is 12.4. The molecule has 3 atom stereocenters. The van der Waals surface area contributed by atoms with Crippen LogP contribution in [0.3, 0.4) is 0 Å². The number of carbonyl (C=O) groups excluding carboxylic acids is 1. The third-order valence-corrected chi connectivity index (χ3v) is 5.05. The fourth-order valence-corrected chi connectivity index (χ4v) is 3.67. The molecule has 0 saturated heterocycles. The van der Waals surface area contributed by atoms with Crippen LogP contribution in [0, 0.1) is 11.8 Å². The van der Waals surface area contributed by atoms with Crippen LogP contribution in [0.1, 0.15) is 65.9 Å². The summed E-state index contributed by atoms with van der Waals surface area (Å²) in [5.41, 5.74) is 3.21. The molecular weight excluding hydrogens is 224 g/mol. The van der Waals surface area contributed by atoms with Crippen LogP contribution in [0.5, 0.6) is 5.75 Å². The van der Waals surface area contributed by atoms with Crippen molar-refractivity contribution in [2.75, 3.05) is 0 Å². The van der Waals surface area contributed by atoms with Crippen LogP contribution in [-0.2, 0) is 0 Å². The molecule has 3 saturated carbocycles. The van der Waals surface area contributed by atoms with Gasteiger partial charge in [0.1, 0.15) is 5.75 Å². The Balaban J connectivity index is 1.81. The summed E-state index contributed by atoms with van der Waals surface area (Å²) < 4.78 is 0. The number of aromatic hydroxyl groups is 1. The molecule has 0 bridgehead atoms. The van der Waals surface area contributed by atoms with Crippen LogP contribution in [-0.4, -0.2) is 10.9 Å². The van der Waals surface area contributed by atoms with Gasteiger partial charge in [0.15, 0.2) is 5.78 Å². The summed E-state index contributed by atoms with van der Waals surface area (Å²) in [6, 6.07) is 3.87. The standard InChI is InChI=1S/C16H18O2/c1-8(17)11-6-15(14-5-10-4-12(10)14)13(7-16(11)18)9-2-3-9/h6-7,9-10,12,14,18H,2-5H2,1H3. The molecule has 3 aliphatic rings. The summed E-state index contributed by atoms with van der Waals surface area (Å²) in [6.45, 7) is 1.54. The van der Waals surface area contributed by atoms with Crippen molar-refractivity contribution in [2.24, 2.45) is 11.8 Å². The van der Waals surface area contributed by atoms with E-state index in [1.54, 1.807) is 0 Å². The lowest BCUT2D eigenvalue weighted by Crippen LogP contribution is -2.16. The van der Waals surface area contributed by atoms with Gasteiger partial charge in [0.2, 0.25) is 0 Å². The van der Waals surface area contributed by atoms with Crippen molar-refractivity contribution in [1.29, 1.82) is 0 Å². The first-order valence-corrected chi connectivity index (χ1v) is 7.03. The topological polar surface area (TPSA) is 37.3 Å². The molecule has 3 aliphatic carbocycles. The van der Waals surface area contributed by atoms with Crippen LogP contribution in [0.15, 0.2) is 12.1 Å². The lowest BCUT2D eigenvalue weighted by atomic mass is 9.76. The zero-order valence-electron chi connectivity index (χ0n) is 10.6. The number of hydrogen-bond acceptors (Lipinski definition) is 2. The van der Waals surface area contributed by atoms with Gasteiger partial charge in [-0.2, -0.15) is 0 Å². The van der Waals surface area contributed by atoms with Gasteiger partial charge < -0.3 is 5.11 Å². The third-order valence-electron chi connectivity index (χ3n) is 5.05. The molecule has 0 aromatic heterocycles. The van der Waals surface area contributed by atoms with Crippen LogP contribution in [0.4, 0.5) is 0 Å². The molecule has 1 N–H and O–H groups in total. The Bertz CT molecular complexity index is 542. The van der Waals surface area contributed by atoms with Gasteiger partial charge in [-0.25, -0.2) is 0 Å². The predicted molar refractivity (Wildman–Crippen MR) is 69.0 cm³/mol. The molecule has 1 aromatic carbocycles. The largest absolute Gasteiger partial charge is 0.507 e. The quantitative estimate of drug-likeness (QED) is 0.822. The van der Waals surface area contributed by atoms with E-state index in [0.717, 1.165) is 11.8 Å². The van der Waals surface area contributed by atoms with E-state index >= 15 is 0 Å². The summed E-state index contributed by atoms with van der Waals surface area (Å²) in [4.78, 5) is 11.6. The fraction of sp³-hybridized carbons (Fsp3) is 0.562. The minimum atomic E-state index is -0.0252. The molecule has 2 nitrogen and oxygen atoms in total. The number of rotatable bonds is 3. The minimum absolute atomic E-state index is 0.0252. The first kappa shape index (κ1) is 10.6. The highest BCUT2D eigenvalue weighted by Crippen LogP contribution is 2.65. The number of phenolic OH excluding ortho intramolecular Hbond substituents is 1. The SMILES string of the molecule is CC(=O)c1cc(C2CC3CC32)c(C2CC2)cc1O. The Hall–Kier alpha value is -1.31. The summed E-state index contributed by atoms with van der Waals surface area (Å²) in [6.07, 6.45) is 5.16. The number of hydrogen-bond donors (Lipinski definition) is 1. The lowest BCUT2D eigenvalue weighted by molar-refractivity contribution is 0.101. The molecule has 94 valence electrons. The number of Topliss-reactive ketones (excluding diaryl/α,β-unsaturated/α-hetero) is 1. The highest BCUT2D eigenvalue weighted by Gasteiger charge is 2.54. The van der Waals surface area contributed by atoms with Gasteiger partial charge in [0, 0.05) is 0 Å². The van der Waals surface area contributed by atoms with E-state index in [0.29, 0.717) is 17.4 Å². The highest BCUT2D eigenvalue weighted by atomic mass is 16.3. The van der Waals surface area contributed by atoms with Gasteiger partial charge in [-0.3, -0.25) is 4.79 Å². The summed E-state index contributed by atoms with van der Waals surface area (Å²) in [5, 5.41) is 9.99. The van der Waals surface area contributed by atoms with Gasteiger partial charge in [-0.05, 0) is 79.5 Å². The fourth-order valence-electron chi connectivity index (χ4n) is 3.67. The molecule has 0 heterocycles. The van der Waals surface area contributed by atoms with Gasteiger partial charge >= 0.3 is 0 Å². The van der Waals surface area contributed by atoms with Crippen LogP contribution in [0.25, 0.3) is 0 Å². The van der Waals surface area contributed by atoms with Gasteiger partial charge in [-0.1, -0.05) is 0 Å². The number of benzene rings is 1. The Morgan fingerprint density at radius 2 is 2.00 bits per heavy atom. The third kappa shape index (κ3) is 1.44. The number of carbonyl (C=O) groups is 1. The van der Waals surface area contributed by atoms with E-state index in [4.69, 9.17) is 0 Å².